The standard InChI is InChI=1S/C24H30N2O5/c1-6-29-20-12-17-10-15(2)30-21(17)13-18(20)14-25-22(27)16-8-7-9-19(11-16)26-23(28)31-24(3,4)5/h7-9,11-13,15H,6,10,14H2,1-5H3,(H,25,27)(H,26,28)/t15-/m1/s1. The maximum atomic E-state index is 12.7. The van der Waals surface area contributed by atoms with E-state index in [1.54, 1.807) is 45.0 Å². The van der Waals surface area contributed by atoms with Crippen LogP contribution in [0.5, 0.6) is 11.5 Å². The van der Waals surface area contributed by atoms with Crippen LogP contribution in [-0.2, 0) is 17.7 Å². The Morgan fingerprint density at radius 3 is 2.68 bits per heavy atom. The smallest absolute Gasteiger partial charge is 0.412 e. The quantitative estimate of drug-likeness (QED) is 0.700. The van der Waals surface area contributed by atoms with E-state index >= 15 is 0 Å². The van der Waals surface area contributed by atoms with Gasteiger partial charge >= 0.3 is 6.09 Å². The molecule has 1 atom stereocenters. The van der Waals surface area contributed by atoms with Crippen LogP contribution < -0.4 is 20.1 Å². The third-order valence-electron chi connectivity index (χ3n) is 4.59. The van der Waals surface area contributed by atoms with E-state index in [-0.39, 0.29) is 12.0 Å². The van der Waals surface area contributed by atoms with Crippen molar-refractivity contribution in [3.8, 4) is 11.5 Å². The Labute approximate surface area is 183 Å². The predicted octanol–water partition coefficient (Wildman–Crippen LogP) is 4.69. The average molecular weight is 427 g/mol. The van der Waals surface area contributed by atoms with Gasteiger partial charge in [-0.05, 0) is 65.0 Å². The van der Waals surface area contributed by atoms with Crippen molar-refractivity contribution in [3.05, 3.63) is 53.1 Å². The molecule has 0 unspecified atom stereocenters. The summed E-state index contributed by atoms with van der Waals surface area (Å²) in [5, 5.41) is 5.56. The van der Waals surface area contributed by atoms with Crippen LogP contribution in [-0.4, -0.2) is 30.3 Å². The monoisotopic (exact) mass is 426 g/mol. The molecular weight excluding hydrogens is 396 g/mol. The topological polar surface area (TPSA) is 85.9 Å². The molecule has 0 radical (unpaired) electrons. The number of hydrogen-bond acceptors (Lipinski definition) is 5. The molecule has 0 spiro atoms. The number of fused-ring (bicyclic) bond motifs is 1. The van der Waals surface area contributed by atoms with Crippen LogP contribution in [0.15, 0.2) is 36.4 Å². The number of benzene rings is 2. The fourth-order valence-electron chi connectivity index (χ4n) is 3.35. The Kier molecular flexibility index (Phi) is 6.73. The Bertz CT molecular complexity index is 965. The molecule has 7 nitrogen and oxygen atoms in total. The van der Waals surface area contributed by atoms with E-state index in [1.807, 2.05) is 26.0 Å². The molecule has 1 aliphatic rings. The Hall–Kier alpha value is -3.22. The predicted molar refractivity (Wildman–Crippen MR) is 119 cm³/mol. The van der Waals surface area contributed by atoms with E-state index in [9.17, 15) is 9.59 Å². The molecule has 0 aliphatic carbocycles. The van der Waals surface area contributed by atoms with Crippen molar-refractivity contribution in [1.29, 1.82) is 0 Å². The molecule has 166 valence electrons. The molecule has 3 rings (SSSR count). The summed E-state index contributed by atoms with van der Waals surface area (Å²) in [6.07, 6.45) is 0.410. The summed E-state index contributed by atoms with van der Waals surface area (Å²) in [6.45, 7) is 10.2. The molecule has 0 bridgehead atoms. The van der Waals surface area contributed by atoms with Gasteiger partial charge in [0.15, 0.2) is 0 Å². The molecule has 7 heteroatoms. The molecular formula is C24H30N2O5. The maximum absolute atomic E-state index is 12.7. The molecule has 0 saturated heterocycles. The molecule has 0 saturated carbocycles. The number of hydrogen-bond donors (Lipinski definition) is 2. The van der Waals surface area contributed by atoms with Gasteiger partial charge in [-0.15, -0.1) is 0 Å². The second-order valence-electron chi connectivity index (χ2n) is 8.52. The van der Waals surface area contributed by atoms with Crippen molar-refractivity contribution in [2.45, 2.75) is 59.3 Å². The number of carbonyl (C=O) groups excluding carboxylic acids is 2. The Morgan fingerprint density at radius 1 is 1.19 bits per heavy atom. The minimum absolute atomic E-state index is 0.134. The highest BCUT2D eigenvalue weighted by Gasteiger charge is 2.22. The molecule has 0 fully saturated rings. The zero-order valence-electron chi connectivity index (χ0n) is 18.7. The van der Waals surface area contributed by atoms with Crippen LogP contribution in [0, 0.1) is 0 Å². The summed E-state index contributed by atoms with van der Waals surface area (Å²) in [6, 6.07) is 10.6. The van der Waals surface area contributed by atoms with Gasteiger partial charge in [-0.3, -0.25) is 10.1 Å². The van der Waals surface area contributed by atoms with Crippen molar-refractivity contribution < 1.29 is 23.8 Å². The average Bonchev–Trinajstić information content (AvgIpc) is 3.03. The van der Waals surface area contributed by atoms with Crippen LogP contribution in [0.3, 0.4) is 0 Å². The fraction of sp³-hybridized carbons (Fsp3) is 0.417. The lowest BCUT2D eigenvalue weighted by molar-refractivity contribution is 0.0635. The zero-order chi connectivity index (χ0) is 22.6. The first-order valence-electron chi connectivity index (χ1n) is 10.5. The lowest BCUT2D eigenvalue weighted by Gasteiger charge is -2.19. The first kappa shape index (κ1) is 22.5. The van der Waals surface area contributed by atoms with Gasteiger partial charge in [0.1, 0.15) is 23.2 Å². The molecule has 1 heterocycles. The number of nitrogens with one attached hydrogen (secondary N) is 2. The zero-order valence-corrected chi connectivity index (χ0v) is 18.7. The van der Waals surface area contributed by atoms with Crippen LogP contribution >= 0.6 is 0 Å². The Morgan fingerprint density at radius 2 is 1.97 bits per heavy atom. The van der Waals surface area contributed by atoms with E-state index in [1.165, 1.54) is 0 Å². The summed E-state index contributed by atoms with van der Waals surface area (Å²) in [5.74, 6) is 1.33. The van der Waals surface area contributed by atoms with E-state index in [2.05, 4.69) is 10.6 Å². The molecule has 1 aliphatic heterocycles. The third kappa shape index (κ3) is 6.13. The number of amides is 2. The normalized spacial score (nSPS) is 14.9. The van der Waals surface area contributed by atoms with E-state index in [4.69, 9.17) is 14.2 Å². The van der Waals surface area contributed by atoms with Gasteiger partial charge < -0.3 is 19.5 Å². The molecule has 2 amide bonds. The van der Waals surface area contributed by atoms with Crippen molar-refractivity contribution in [1.82, 2.24) is 5.32 Å². The number of ether oxygens (including phenoxy) is 3. The van der Waals surface area contributed by atoms with Crippen LogP contribution in [0.4, 0.5) is 10.5 Å². The lowest BCUT2D eigenvalue weighted by Crippen LogP contribution is -2.27. The van der Waals surface area contributed by atoms with Gasteiger partial charge in [-0.1, -0.05) is 6.07 Å². The summed E-state index contributed by atoms with van der Waals surface area (Å²) < 4.78 is 16.9. The molecule has 0 aromatic heterocycles. The summed E-state index contributed by atoms with van der Waals surface area (Å²) in [7, 11) is 0. The minimum atomic E-state index is -0.602. The molecule has 2 N–H and O–H groups in total. The number of rotatable bonds is 6. The van der Waals surface area contributed by atoms with Gasteiger partial charge in [0.05, 0.1) is 6.61 Å². The third-order valence-corrected chi connectivity index (χ3v) is 4.59. The molecule has 2 aromatic carbocycles. The van der Waals surface area contributed by atoms with Gasteiger partial charge in [-0.25, -0.2) is 4.79 Å². The summed E-state index contributed by atoms with van der Waals surface area (Å²) in [5.41, 5.74) is 2.28. The van der Waals surface area contributed by atoms with Gasteiger partial charge in [0.25, 0.3) is 5.91 Å². The highest BCUT2D eigenvalue weighted by molar-refractivity contribution is 5.96. The van der Waals surface area contributed by atoms with E-state index in [0.29, 0.717) is 24.4 Å². The van der Waals surface area contributed by atoms with Gasteiger partial charge in [-0.2, -0.15) is 0 Å². The first-order valence-corrected chi connectivity index (χ1v) is 10.5. The van der Waals surface area contributed by atoms with Crippen molar-refractivity contribution in [3.63, 3.8) is 0 Å². The van der Waals surface area contributed by atoms with Crippen LogP contribution in [0.25, 0.3) is 0 Å². The molecule has 31 heavy (non-hydrogen) atoms. The number of carbonyl (C=O) groups is 2. The SMILES string of the molecule is CCOc1cc2c(cc1CNC(=O)c1cccc(NC(=O)OC(C)(C)C)c1)O[C@H](C)C2. The van der Waals surface area contributed by atoms with Crippen molar-refractivity contribution in [2.75, 3.05) is 11.9 Å². The second-order valence-corrected chi connectivity index (χ2v) is 8.52. The maximum Gasteiger partial charge on any atom is 0.412 e. The van der Waals surface area contributed by atoms with Crippen LogP contribution in [0.1, 0.15) is 56.1 Å². The van der Waals surface area contributed by atoms with Gasteiger partial charge in [0, 0.05) is 35.3 Å². The molecule has 2 aromatic rings. The lowest BCUT2D eigenvalue weighted by atomic mass is 10.1. The second kappa shape index (κ2) is 9.29. The van der Waals surface area contributed by atoms with Gasteiger partial charge in [0.2, 0.25) is 0 Å². The number of anilines is 1. The Balaban J connectivity index is 1.67. The van der Waals surface area contributed by atoms with Crippen molar-refractivity contribution in [2.24, 2.45) is 0 Å². The highest BCUT2D eigenvalue weighted by Crippen LogP contribution is 2.35. The minimum Gasteiger partial charge on any atom is -0.494 e. The fourth-order valence-corrected chi connectivity index (χ4v) is 3.35. The summed E-state index contributed by atoms with van der Waals surface area (Å²) >= 11 is 0. The van der Waals surface area contributed by atoms with E-state index < -0.39 is 11.7 Å². The largest absolute Gasteiger partial charge is 0.494 e. The van der Waals surface area contributed by atoms with Crippen molar-refractivity contribution >= 4 is 17.7 Å². The van der Waals surface area contributed by atoms with Crippen LogP contribution in [0.2, 0.25) is 0 Å². The van der Waals surface area contributed by atoms with E-state index in [0.717, 1.165) is 29.0 Å². The summed E-state index contributed by atoms with van der Waals surface area (Å²) in [4.78, 5) is 24.7. The highest BCUT2D eigenvalue weighted by atomic mass is 16.6. The first-order chi connectivity index (χ1) is 14.6.